The van der Waals surface area contributed by atoms with Gasteiger partial charge in [-0.1, -0.05) is 12.1 Å². The maximum atomic E-state index is 14.0. The number of hydrazine groups is 1. The largest absolute Gasteiger partial charge is 0.493 e. The van der Waals surface area contributed by atoms with E-state index in [1.807, 2.05) is 6.92 Å². The Morgan fingerprint density at radius 3 is 2.80 bits per heavy atom. The number of benzene rings is 1. The molecule has 0 aliphatic carbocycles. The minimum atomic E-state index is -0.943. The van der Waals surface area contributed by atoms with E-state index in [9.17, 15) is 8.78 Å². The zero-order valence-corrected chi connectivity index (χ0v) is 11.2. The second-order valence-corrected chi connectivity index (χ2v) is 4.16. The van der Waals surface area contributed by atoms with Gasteiger partial charge in [-0.15, -0.1) is 0 Å². The van der Waals surface area contributed by atoms with Crippen molar-refractivity contribution in [3.8, 4) is 5.75 Å². The van der Waals surface area contributed by atoms with Gasteiger partial charge in [-0.05, 0) is 13.0 Å². The molecule has 0 bridgehead atoms. The Bertz CT molecular complexity index is 579. The van der Waals surface area contributed by atoms with Crippen molar-refractivity contribution >= 4 is 0 Å². The standard InChI is InChI=1S/C13H16F2N4O/c1-3-19-13(10(20-2)7-17-19)12(18-16)8-5-4-6-9(14)11(8)15/h4-7,12,18H,3,16H2,1-2H3. The fourth-order valence-corrected chi connectivity index (χ4v) is 2.14. The van der Waals surface area contributed by atoms with Crippen molar-refractivity contribution in [1.29, 1.82) is 0 Å². The first kappa shape index (κ1) is 14.4. The lowest BCUT2D eigenvalue weighted by molar-refractivity contribution is 0.396. The average Bonchev–Trinajstić information content (AvgIpc) is 2.87. The molecule has 0 saturated heterocycles. The Hall–Kier alpha value is -1.99. The van der Waals surface area contributed by atoms with Crippen LogP contribution in [-0.4, -0.2) is 16.9 Å². The fourth-order valence-electron chi connectivity index (χ4n) is 2.14. The molecule has 1 heterocycles. The average molecular weight is 282 g/mol. The van der Waals surface area contributed by atoms with Crippen molar-refractivity contribution in [3.05, 3.63) is 47.3 Å². The first-order valence-corrected chi connectivity index (χ1v) is 6.13. The van der Waals surface area contributed by atoms with Crippen LogP contribution >= 0.6 is 0 Å². The number of nitrogens with two attached hydrogens (primary N) is 1. The van der Waals surface area contributed by atoms with Crippen LogP contribution in [0.3, 0.4) is 0 Å². The molecule has 108 valence electrons. The molecular formula is C13H16F2N4O. The highest BCUT2D eigenvalue weighted by Gasteiger charge is 2.25. The van der Waals surface area contributed by atoms with Gasteiger partial charge in [-0.3, -0.25) is 10.5 Å². The van der Waals surface area contributed by atoms with Gasteiger partial charge in [0.1, 0.15) is 5.69 Å². The highest BCUT2D eigenvalue weighted by molar-refractivity contribution is 5.37. The number of methoxy groups -OCH3 is 1. The van der Waals surface area contributed by atoms with Crippen molar-refractivity contribution in [2.45, 2.75) is 19.5 Å². The van der Waals surface area contributed by atoms with E-state index in [1.165, 1.54) is 25.4 Å². The summed E-state index contributed by atoms with van der Waals surface area (Å²) in [6.07, 6.45) is 1.51. The normalized spacial score (nSPS) is 12.4. The van der Waals surface area contributed by atoms with Gasteiger partial charge in [0, 0.05) is 12.1 Å². The summed E-state index contributed by atoms with van der Waals surface area (Å²) >= 11 is 0. The third kappa shape index (κ3) is 2.37. The number of halogens is 2. The first-order chi connectivity index (χ1) is 9.63. The molecule has 0 aliphatic rings. The molecule has 3 N–H and O–H groups in total. The van der Waals surface area contributed by atoms with Gasteiger partial charge in [0.15, 0.2) is 17.4 Å². The second kappa shape index (κ2) is 5.98. The minimum absolute atomic E-state index is 0.0981. The van der Waals surface area contributed by atoms with Crippen LogP contribution in [0.1, 0.15) is 24.2 Å². The van der Waals surface area contributed by atoms with Crippen LogP contribution in [0.5, 0.6) is 5.75 Å². The minimum Gasteiger partial charge on any atom is -0.493 e. The molecule has 0 spiro atoms. The lowest BCUT2D eigenvalue weighted by Crippen LogP contribution is -2.31. The smallest absolute Gasteiger partial charge is 0.164 e. The van der Waals surface area contributed by atoms with Crippen LogP contribution in [0.25, 0.3) is 0 Å². The molecule has 1 aromatic heterocycles. The first-order valence-electron chi connectivity index (χ1n) is 6.13. The summed E-state index contributed by atoms with van der Waals surface area (Å²) in [4.78, 5) is 0. The molecule has 0 fully saturated rings. The molecule has 20 heavy (non-hydrogen) atoms. The summed E-state index contributed by atoms with van der Waals surface area (Å²) < 4.78 is 34.2. The third-order valence-corrected chi connectivity index (χ3v) is 3.10. The van der Waals surface area contributed by atoms with Gasteiger partial charge in [0.2, 0.25) is 0 Å². The molecule has 1 unspecified atom stereocenters. The van der Waals surface area contributed by atoms with E-state index in [0.29, 0.717) is 18.0 Å². The number of nitrogens with zero attached hydrogens (tertiary/aromatic N) is 2. The summed E-state index contributed by atoms with van der Waals surface area (Å²) in [7, 11) is 1.48. The molecule has 5 nitrogen and oxygen atoms in total. The highest BCUT2D eigenvalue weighted by atomic mass is 19.2. The van der Waals surface area contributed by atoms with E-state index >= 15 is 0 Å². The lowest BCUT2D eigenvalue weighted by Gasteiger charge is -2.19. The van der Waals surface area contributed by atoms with Crippen molar-refractivity contribution in [3.63, 3.8) is 0 Å². The molecule has 7 heteroatoms. The molecule has 0 radical (unpaired) electrons. The summed E-state index contributed by atoms with van der Waals surface area (Å²) in [6, 6.07) is 3.19. The molecule has 1 atom stereocenters. The van der Waals surface area contributed by atoms with E-state index in [2.05, 4.69) is 10.5 Å². The van der Waals surface area contributed by atoms with Gasteiger partial charge < -0.3 is 4.74 Å². The van der Waals surface area contributed by atoms with Crippen molar-refractivity contribution in [2.24, 2.45) is 5.84 Å². The molecule has 2 aromatic rings. The molecule has 0 saturated carbocycles. The van der Waals surface area contributed by atoms with E-state index in [1.54, 1.807) is 4.68 Å². The Labute approximate surface area is 115 Å². The van der Waals surface area contributed by atoms with Gasteiger partial charge in [-0.2, -0.15) is 5.10 Å². The van der Waals surface area contributed by atoms with Crippen molar-refractivity contribution < 1.29 is 13.5 Å². The summed E-state index contributed by atoms with van der Waals surface area (Å²) in [5.41, 5.74) is 3.13. The quantitative estimate of drug-likeness (QED) is 0.647. The Balaban J connectivity index is 2.58. The van der Waals surface area contributed by atoms with Crippen LogP contribution in [-0.2, 0) is 6.54 Å². The van der Waals surface area contributed by atoms with Crippen LogP contribution in [0, 0.1) is 11.6 Å². The Morgan fingerprint density at radius 2 is 2.20 bits per heavy atom. The van der Waals surface area contributed by atoms with E-state index in [0.717, 1.165) is 6.07 Å². The zero-order chi connectivity index (χ0) is 14.7. The maximum Gasteiger partial charge on any atom is 0.164 e. The third-order valence-electron chi connectivity index (χ3n) is 3.10. The van der Waals surface area contributed by atoms with Crippen molar-refractivity contribution in [1.82, 2.24) is 15.2 Å². The number of nitrogens with one attached hydrogen (secondary N) is 1. The summed E-state index contributed by atoms with van der Waals surface area (Å²) in [5, 5.41) is 4.13. The number of ether oxygens (including phenoxy) is 1. The molecule has 0 aliphatic heterocycles. The number of hydrogen-bond acceptors (Lipinski definition) is 4. The predicted octanol–water partition coefficient (Wildman–Crippen LogP) is 1.74. The summed E-state index contributed by atoms with van der Waals surface area (Å²) in [6.45, 7) is 2.43. The van der Waals surface area contributed by atoms with Gasteiger partial charge in [0.05, 0.1) is 19.3 Å². The lowest BCUT2D eigenvalue weighted by atomic mass is 10.0. The van der Waals surface area contributed by atoms with Crippen molar-refractivity contribution in [2.75, 3.05) is 7.11 Å². The monoisotopic (exact) mass is 282 g/mol. The molecule has 2 rings (SSSR count). The van der Waals surface area contributed by atoms with E-state index in [-0.39, 0.29) is 5.56 Å². The van der Waals surface area contributed by atoms with Gasteiger partial charge in [0.25, 0.3) is 0 Å². The molecule has 1 aromatic carbocycles. The van der Waals surface area contributed by atoms with Crippen LogP contribution in [0.2, 0.25) is 0 Å². The van der Waals surface area contributed by atoms with E-state index < -0.39 is 17.7 Å². The van der Waals surface area contributed by atoms with Crippen LogP contribution in [0.15, 0.2) is 24.4 Å². The highest BCUT2D eigenvalue weighted by Crippen LogP contribution is 2.31. The number of hydrogen-bond donors (Lipinski definition) is 2. The maximum absolute atomic E-state index is 14.0. The zero-order valence-electron chi connectivity index (χ0n) is 11.2. The predicted molar refractivity (Wildman–Crippen MR) is 70.0 cm³/mol. The second-order valence-electron chi connectivity index (χ2n) is 4.16. The Morgan fingerprint density at radius 1 is 1.45 bits per heavy atom. The number of rotatable bonds is 5. The number of aryl methyl sites for hydroxylation is 1. The number of aromatic nitrogens is 2. The topological polar surface area (TPSA) is 65.1 Å². The SMILES string of the molecule is CCn1ncc(OC)c1C(NN)c1cccc(F)c1F. The Kier molecular flexibility index (Phi) is 4.31. The van der Waals surface area contributed by atoms with Crippen LogP contribution < -0.4 is 16.0 Å². The van der Waals surface area contributed by atoms with Gasteiger partial charge in [-0.25, -0.2) is 14.2 Å². The molecular weight excluding hydrogens is 266 g/mol. The summed E-state index contributed by atoms with van der Waals surface area (Å²) in [5.74, 6) is 4.11. The van der Waals surface area contributed by atoms with E-state index in [4.69, 9.17) is 10.6 Å². The fraction of sp³-hybridized carbons (Fsp3) is 0.308. The molecule has 0 amide bonds. The van der Waals surface area contributed by atoms with Gasteiger partial charge >= 0.3 is 0 Å². The van der Waals surface area contributed by atoms with Crippen LogP contribution in [0.4, 0.5) is 8.78 Å².